The minimum Gasteiger partial charge on any atom is -0.497 e. The predicted molar refractivity (Wildman–Crippen MR) is 148 cm³/mol. The second-order valence-corrected chi connectivity index (χ2v) is 9.34. The van der Waals surface area contributed by atoms with Crippen LogP contribution in [0, 0.1) is 0 Å². The lowest BCUT2D eigenvalue weighted by Gasteiger charge is -2.12. The van der Waals surface area contributed by atoms with Gasteiger partial charge in [-0.25, -0.2) is 0 Å². The van der Waals surface area contributed by atoms with Gasteiger partial charge in [0, 0.05) is 29.6 Å². The average molecular weight is 478 g/mol. The van der Waals surface area contributed by atoms with Crippen molar-refractivity contribution in [2.24, 2.45) is 0 Å². The standard InChI is InChI=1S/C30H27N3OS/c1-34-24-17-15-21(16-18-24)26-20-33-28(29(35)31-23-12-6-3-7-13-23)27(22-10-4-2-5-11-22)25-14-8-9-19-32(26)30(25)33/h2-7,10-13,15-18,20H,8-9,14,19H2,1H3,(H,31,35). The van der Waals surface area contributed by atoms with E-state index in [2.05, 4.69) is 75.1 Å². The van der Waals surface area contributed by atoms with E-state index in [1.54, 1.807) is 7.11 Å². The van der Waals surface area contributed by atoms with Crippen molar-refractivity contribution >= 4 is 28.5 Å². The number of anilines is 1. The number of imidazole rings is 1. The maximum absolute atomic E-state index is 6.08. The Bertz CT molecular complexity index is 1500. The molecule has 1 N–H and O–H groups in total. The lowest BCUT2D eigenvalue weighted by atomic mass is 9.98. The van der Waals surface area contributed by atoms with Gasteiger partial charge in [0.1, 0.15) is 16.4 Å². The van der Waals surface area contributed by atoms with Crippen LogP contribution in [-0.2, 0) is 13.0 Å². The molecule has 35 heavy (non-hydrogen) atoms. The Kier molecular flexibility index (Phi) is 5.63. The number of para-hydroxylation sites is 1. The summed E-state index contributed by atoms with van der Waals surface area (Å²) in [6, 6.07) is 29.2. The molecule has 4 nitrogen and oxygen atoms in total. The quantitative estimate of drug-likeness (QED) is 0.271. The van der Waals surface area contributed by atoms with E-state index in [0.717, 1.165) is 47.9 Å². The van der Waals surface area contributed by atoms with Crippen molar-refractivity contribution in [2.45, 2.75) is 25.8 Å². The summed E-state index contributed by atoms with van der Waals surface area (Å²) in [4.78, 5) is 0.732. The third kappa shape index (κ3) is 3.82. The summed E-state index contributed by atoms with van der Waals surface area (Å²) in [6.45, 7) is 0.988. The van der Waals surface area contributed by atoms with Crippen LogP contribution in [0.1, 0.15) is 24.1 Å². The zero-order valence-electron chi connectivity index (χ0n) is 19.7. The molecule has 0 fully saturated rings. The van der Waals surface area contributed by atoms with Gasteiger partial charge < -0.3 is 14.6 Å². The van der Waals surface area contributed by atoms with Gasteiger partial charge >= 0.3 is 0 Å². The van der Waals surface area contributed by atoms with Crippen LogP contribution in [0.25, 0.3) is 28.0 Å². The van der Waals surface area contributed by atoms with Crippen molar-refractivity contribution in [1.29, 1.82) is 0 Å². The fraction of sp³-hybridized carbons (Fsp3) is 0.167. The van der Waals surface area contributed by atoms with Crippen LogP contribution in [0.3, 0.4) is 0 Å². The van der Waals surface area contributed by atoms with Crippen LogP contribution in [0.5, 0.6) is 5.75 Å². The molecule has 2 aromatic heterocycles. The van der Waals surface area contributed by atoms with Crippen LogP contribution >= 0.6 is 12.2 Å². The third-order valence-corrected chi connectivity index (χ3v) is 7.12. The van der Waals surface area contributed by atoms with Crippen molar-refractivity contribution in [1.82, 2.24) is 8.97 Å². The Morgan fingerprint density at radius 2 is 1.57 bits per heavy atom. The van der Waals surface area contributed by atoms with Crippen molar-refractivity contribution in [3.8, 4) is 28.1 Å². The van der Waals surface area contributed by atoms with Gasteiger partial charge in [0.15, 0.2) is 0 Å². The molecule has 1 aliphatic heterocycles. The highest BCUT2D eigenvalue weighted by atomic mass is 32.1. The molecule has 0 atom stereocenters. The zero-order valence-corrected chi connectivity index (χ0v) is 20.5. The Balaban J connectivity index is 1.60. The first kappa shape index (κ1) is 21.7. The van der Waals surface area contributed by atoms with Gasteiger partial charge in [-0.05, 0) is 66.8 Å². The molecule has 5 aromatic rings. The van der Waals surface area contributed by atoms with Crippen LogP contribution < -0.4 is 10.1 Å². The van der Waals surface area contributed by atoms with Crippen molar-refractivity contribution in [2.75, 3.05) is 12.4 Å². The number of aromatic nitrogens is 2. The molecular formula is C30H27N3OS. The molecule has 174 valence electrons. The highest BCUT2D eigenvalue weighted by Crippen LogP contribution is 2.40. The number of methoxy groups -OCH3 is 1. The normalized spacial score (nSPS) is 12.9. The van der Waals surface area contributed by atoms with E-state index in [1.165, 1.54) is 33.6 Å². The van der Waals surface area contributed by atoms with Crippen molar-refractivity contribution < 1.29 is 4.74 Å². The molecule has 0 amide bonds. The summed E-state index contributed by atoms with van der Waals surface area (Å²) in [5.74, 6) is 0.865. The molecule has 0 aliphatic carbocycles. The molecule has 5 heteroatoms. The fourth-order valence-electron chi connectivity index (χ4n) is 5.23. The molecule has 3 heterocycles. The minimum atomic E-state index is 0.732. The number of hydrogen-bond donors (Lipinski definition) is 1. The van der Waals surface area contributed by atoms with E-state index in [0.29, 0.717) is 0 Å². The smallest absolute Gasteiger partial charge is 0.128 e. The van der Waals surface area contributed by atoms with Gasteiger partial charge in [0.25, 0.3) is 0 Å². The van der Waals surface area contributed by atoms with Crippen LogP contribution in [0.15, 0.2) is 91.1 Å². The predicted octanol–water partition coefficient (Wildman–Crippen LogP) is 7.21. The minimum absolute atomic E-state index is 0.732. The molecule has 1 aliphatic rings. The molecule has 0 bridgehead atoms. The second kappa shape index (κ2) is 9.08. The third-order valence-electron chi connectivity index (χ3n) is 6.83. The summed E-state index contributed by atoms with van der Waals surface area (Å²) in [6.07, 6.45) is 5.60. The molecule has 0 unspecified atom stereocenters. The van der Waals surface area contributed by atoms with Crippen LogP contribution in [0.2, 0.25) is 0 Å². The topological polar surface area (TPSA) is 30.6 Å². The molecule has 6 rings (SSSR count). The molecule has 0 radical (unpaired) electrons. The van der Waals surface area contributed by atoms with Gasteiger partial charge in [-0.3, -0.25) is 4.40 Å². The SMILES string of the molecule is COc1ccc(-c2cn3c(C(=S)Nc4ccccc4)c(-c4ccccc4)c4c3n2CCCC4)cc1. The summed E-state index contributed by atoms with van der Waals surface area (Å²) in [5, 5.41) is 3.50. The number of ether oxygens (including phenoxy) is 1. The first-order valence-corrected chi connectivity index (χ1v) is 12.5. The Hall–Kier alpha value is -3.83. The second-order valence-electron chi connectivity index (χ2n) is 8.93. The maximum Gasteiger partial charge on any atom is 0.128 e. The Labute approximate surface area is 210 Å². The molecule has 0 saturated carbocycles. The Morgan fingerprint density at radius 1 is 0.857 bits per heavy atom. The first-order chi connectivity index (χ1) is 17.2. The Morgan fingerprint density at radius 3 is 2.29 bits per heavy atom. The van der Waals surface area contributed by atoms with Gasteiger partial charge in [0.05, 0.1) is 18.5 Å². The summed E-state index contributed by atoms with van der Waals surface area (Å²) in [7, 11) is 1.70. The first-order valence-electron chi connectivity index (χ1n) is 12.1. The van der Waals surface area contributed by atoms with Gasteiger partial charge in [-0.2, -0.15) is 0 Å². The highest BCUT2D eigenvalue weighted by molar-refractivity contribution is 7.81. The van der Waals surface area contributed by atoms with E-state index >= 15 is 0 Å². The van der Waals surface area contributed by atoms with Crippen molar-refractivity contribution in [3.63, 3.8) is 0 Å². The summed E-state index contributed by atoms with van der Waals surface area (Å²) < 4.78 is 10.2. The molecular weight excluding hydrogens is 450 g/mol. The number of rotatable bonds is 5. The van der Waals surface area contributed by atoms with Gasteiger partial charge in [-0.1, -0.05) is 60.7 Å². The van der Waals surface area contributed by atoms with E-state index in [1.807, 2.05) is 30.3 Å². The van der Waals surface area contributed by atoms with E-state index in [-0.39, 0.29) is 0 Å². The van der Waals surface area contributed by atoms with E-state index in [9.17, 15) is 0 Å². The van der Waals surface area contributed by atoms with Crippen LogP contribution in [0.4, 0.5) is 5.69 Å². The van der Waals surface area contributed by atoms with Gasteiger partial charge in [-0.15, -0.1) is 0 Å². The number of aryl methyl sites for hydroxylation is 2. The van der Waals surface area contributed by atoms with Crippen LogP contribution in [-0.4, -0.2) is 21.1 Å². The van der Waals surface area contributed by atoms with E-state index < -0.39 is 0 Å². The lowest BCUT2D eigenvalue weighted by molar-refractivity contribution is 0.415. The maximum atomic E-state index is 6.08. The van der Waals surface area contributed by atoms with Gasteiger partial charge in [0.2, 0.25) is 0 Å². The summed E-state index contributed by atoms with van der Waals surface area (Å²) in [5.41, 5.74) is 9.50. The largest absolute Gasteiger partial charge is 0.497 e. The highest BCUT2D eigenvalue weighted by Gasteiger charge is 2.28. The number of nitrogens with zero attached hydrogens (tertiary/aromatic N) is 2. The molecule has 3 aromatic carbocycles. The average Bonchev–Trinajstić information content (AvgIpc) is 3.33. The lowest BCUT2D eigenvalue weighted by Crippen LogP contribution is -2.14. The summed E-state index contributed by atoms with van der Waals surface area (Å²) >= 11 is 6.08. The molecule has 0 spiro atoms. The van der Waals surface area contributed by atoms with Crippen molar-refractivity contribution in [3.05, 3.63) is 102 Å². The number of nitrogens with one attached hydrogen (secondary N) is 1. The molecule has 0 saturated heterocycles. The number of thiocarbonyl (C=S) groups is 1. The number of hydrogen-bond acceptors (Lipinski definition) is 2. The zero-order chi connectivity index (χ0) is 23.8. The van der Waals surface area contributed by atoms with E-state index in [4.69, 9.17) is 17.0 Å². The fourth-order valence-corrected chi connectivity index (χ4v) is 5.55. The monoisotopic (exact) mass is 477 g/mol. The number of benzene rings is 3.